The number of hydrogen-bond donors (Lipinski definition) is 2. The molecule has 140 valence electrons. The molecule has 3 rings (SSSR count). The lowest BCUT2D eigenvalue weighted by molar-refractivity contribution is -0.146. The third kappa shape index (κ3) is 3.83. The Morgan fingerprint density at radius 1 is 1.30 bits per heavy atom. The van der Waals surface area contributed by atoms with Gasteiger partial charge in [-0.3, -0.25) is 4.79 Å². The Morgan fingerprint density at radius 3 is 2.70 bits per heavy atom. The molecule has 1 atom stereocenters. The minimum absolute atomic E-state index is 0.0397. The molecule has 2 aromatic rings. The van der Waals surface area contributed by atoms with Gasteiger partial charge in [-0.2, -0.15) is 5.26 Å². The molecule has 1 unspecified atom stereocenters. The van der Waals surface area contributed by atoms with Crippen molar-refractivity contribution in [1.82, 2.24) is 0 Å². The smallest absolute Gasteiger partial charge is 0.309 e. The minimum Gasteiger partial charge on any atom is -0.481 e. The number of benzene rings is 2. The maximum absolute atomic E-state index is 11.5. The second-order valence-electron chi connectivity index (χ2n) is 8.84. The van der Waals surface area contributed by atoms with Gasteiger partial charge in [-0.05, 0) is 67.0 Å². The molecule has 0 bridgehead atoms. The maximum atomic E-state index is 11.5. The number of anilines is 1. The fourth-order valence-corrected chi connectivity index (χ4v) is 3.90. The number of nitrogens with zero attached hydrogens (tertiary/aromatic N) is 1. The second kappa shape index (κ2) is 6.74. The summed E-state index contributed by atoms with van der Waals surface area (Å²) < 4.78 is 0. The average Bonchev–Trinajstić information content (AvgIpc) is 2.59. The summed E-state index contributed by atoms with van der Waals surface area (Å²) in [5, 5.41) is 22.2. The molecule has 0 amide bonds. The van der Waals surface area contributed by atoms with Gasteiger partial charge in [-0.1, -0.05) is 38.1 Å². The zero-order valence-electron chi connectivity index (χ0n) is 16.3. The van der Waals surface area contributed by atoms with E-state index in [2.05, 4.69) is 37.4 Å². The molecular weight excluding hydrogens is 336 g/mol. The number of carboxylic acids is 1. The molecule has 4 nitrogen and oxygen atoms in total. The van der Waals surface area contributed by atoms with Crippen LogP contribution in [0.1, 0.15) is 56.0 Å². The fraction of sp³-hybridized carbons (Fsp3) is 0.391. The maximum Gasteiger partial charge on any atom is 0.309 e. The third-order valence-electron chi connectivity index (χ3n) is 5.47. The summed E-state index contributed by atoms with van der Waals surface area (Å²) in [4.78, 5) is 11.5. The second-order valence-corrected chi connectivity index (χ2v) is 8.84. The highest BCUT2D eigenvalue weighted by atomic mass is 16.4. The Hall–Kier alpha value is -2.80. The zero-order chi connectivity index (χ0) is 19.8. The van der Waals surface area contributed by atoms with Gasteiger partial charge in [0.1, 0.15) is 0 Å². The van der Waals surface area contributed by atoms with E-state index in [-0.39, 0.29) is 11.5 Å². The zero-order valence-corrected chi connectivity index (χ0v) is 16.3. The number of carboxylic acid groups (broad SMARTS) is 1. The number of aliphatic carboxylic acids is 1. The summed E-state index contributed by atoms with van der Waals surface area (Å²) in [7, 11) is 0. The summed E-state index contributed by atoms with van der Waals surface area (Å²) in [6.07, 6.45) is 1.37. The molecule has 0 aliphatic carbocycles. The first kappa shape index (κ1) is 19.0. The van der Waals surface area contributed by atoms with Gasteiger partial charge in [-0.25, -0.2) is 0 Å². The number of fused-ring (bicyclic) bond motifs is 1. The normalized spacial score (nSPS) is 18.1. The molecule has 27 heavy (non-hydrogen) atoms. The van der Waals surface area contributed by atoms with Gasteiger partial charge in [0.15, 0.2) is 0 Å². The van der Waals surface area contributed by atoms with Crippen molar-refractivity contribution in [3.05, 3.63) is 64.7 Å². The van der Waals surface area contributed by atoms with E-state index >= 15 is 0 Å². The van der Waals surface area contributed by atoms with Gasteiger partial charge in [-0.15, -0.1) is 0 Å². The molecule has 1 aliphatic heterocycles. The van der Waals surface area contributed by atoms with Gasteiger partial charge in [0.2, 0.25) is 0 Å². The molecule has 2 N–H and O–H groups in total. The first-order valence-electron chi connectivity index (χ1n) is 9.24. The summed E-state index contributed by atoms with van der Waals surface area (Å²) in [6.45, 7) is 7.96. The van der Waals surface area contributed by atoms with Crippen LogP contribution in [-0.2, 0) is 17.6 Å². The Morgan fingerprint density at radius 2 is 2.04 bits per heavy atom. The van der Waals surface area contributed by atoms with Crippen molar-refractivity contribution in [2.75, 3.05) is 5.32 Å². The van der Waals surface area contributed by atoms with Crippen molar-refractivity contribution >= 4 is 11.7 Å². The van der Waals surface area contributed by atoms with Gasteiger partial charge in [0, 0.05) is 5.69 Å². The number of carbonyl (C=O) groups is 1. The van der Waals surface area contributed by atoms with Crippen molar-refractivity contribution in [3.63, 3.8) is 0 Å². The van der Waals surface area contributed by atoms with Crippen LogP contribution in [0.4, 0.5) is 5.69 Å². The molecule has 0 saturated carbocycles. The largest absolute Gasteiger partial charge is 0.481 e. The predicted molar refractivity (Wildman–Crippen MR) is 107 cm³/mol. The van der Waals surface area contributed by atoms with Crippen LogP contribution < -0.4 is 5.32 Å². The van der Waals surface area contributed by atoms with Gasteiger partial charge in [0.05, 0.1) is 23.1 Å². The third-order valence-corrected chi connectivity index (χ3v) is 5.47. The Bertz CT molecular complexity index is 922. The molecule has 1 aliphatic rings. The lowest BCUT2D eigenvalue weighted by Crippen LogP contribution is -2.35. The number of nitriles is 1. The van der Waals surface area contributed by atoms with Crippen LogP contribution >= 0.6 is 0 Å². The van der Waals surface area contributed by atoms with Crippen LogP contribution in [0.2, 0.25) is 0 Å². The lowest BCUT2D eigenvalue weighted by Gasteiger charge is -2.41. The summed E-state index contributed by atoms with van der Waals surface area (Å²) in [6, 6.07) is 16.3. The van der Waals surface area contributed by atoms with Crippen LogP contribution in [0.25, 0.3) is 0 Å². The number of rotatable bonds is 4. The van der Waals surface area contributed by atoms with Crippen LogP contribution in [-0.4, -0.2) is 11.1 Å². The molecule has 0 aromatic heterocycles. The SMILES string of the molecule is CC(C)(Cc1cccc(C2Nc3ccc(C#N)cc3CC2(C)C)c1)C(=O)O. The van der Waals surface area contributed by atoms with E-state index in [4.69, 9.17) is 5.26 Å². The Kier molecular flexibility index (Phi) is 4.73. The highest BCUT2D eigenvalue weighted by molar-refractivity contribution is 5.74. The topological polar surface area (TPSA) is 73.1 Å². The van der Waals surface area contributed by atoms with Crippen LogP contribution in [0, 0.1) is 22.2 Å². The van der Waals surface area contributed by atoms with E-state index in [0.29, 0.717) is 12.0 Å². The quantitative estimate of drug-likeness (QED) is 0.807. The summed E-state index contributed by atoms with van der Waals surface area (Å²) in [5.41, 5.74) is 4.27. The predicted octanol–water partition coefficient (Wildman–Crippen LogP) is 4.95. The molecular formula is C23H26N2O2. The highest BCUT2D eigenvalue weighted by Gasteiger charge is 2.36. The van der Waals surface area contributed by atoms with E-state index in [0.717, 1.165) is 23.2 Å². The number of nitrogens with one attached hydrogen (secondary N) is 1. The van der Waals surface area contributed by atoms with Crippen molar-refractivity contribution in [3.8, 4) is 6.07 Å². The lowest BCUT2D eigenvalue weighted by atomic mass is 9.72. The molecule has 2 aromatic carbocycles. The average molecular weight is 362 g/mol. The minimum atomic E-state index is -0.797. The van der Waals surface area contributed by atoms with E-state index in [1.54, 1.807) is 13.8 Å². The fourth-order valence-electron chi connectivity index (χ4n) is 3.90. The van der Waals surface area contributed by atoms with Crippen LogP contribution in [0.5, 0.6) is 0 Å². The molecule has 0 spiro atoms. The van der Waals surface area contributed by atoms with Crippen LogP contribution in [0.15, 0.2) is 42.5 Å². The van der Waals surface area contributed by atoms with Gasteiger partial charge in [0.25, 0.3) is 0 Å². The van der Waals surface area contributed by atoms with Crippen molar-refractivity contribution < 1.29 is 9.90 Å². The van der Waals surface area contributed by atoms with Crippen molar-refractivity contribution in [1.29, 1.82) is 5.26 Å². The molecule has 0 saturated heterocycles. The summed E-state index contributed by atoms with van der Waals surface area (Å²) in [5.74, 6) is -0.786. The van der Waals surface area contributed by atoms with Crippen molar-refractivity contribution in [2.45, 2.75) is 46.6 Å². The van der Waals surface area contributed by atoms with Crippen LogP contribution in [0.3, 0.4) is 0 Å². The first-order valence-corrected chi connectivity index (χ1v) is 9.24. The molecule has 4 heteroatoms. The molecule has 0 fully saturated rings. The van der Waals surface area contributed by atoms with E-state index in [1.807, 2.05) is 30.3 Å². The van der Waals surface area contributed by atoms with Gasteiger partial charge < -0.3 is 10.4 Å². The highest BCUT2D eigenvalue weighted by Crippen LogP contribution is 2.45. The Labute approximate surface area is 160 Å². The van der Waals surface area contributed by atoms with E-state index in [9.17, 15) is 9.90 Å². The standard InChI is InChI=1S/C23H26N2O2/c1-22(2)13-18-11-16(14-24)8-9-19(18)25-20(22)17-7-5-6-15(10-17)12-23(3,4)21(26)27/h5-11,20,25H,12-13H2,1-4H3,(H,26,27). The van der Waals surface area contributed by atoms with E-state index in [1.165, 1.54) is 5.56 Å². The van der Waals surface area contributed by atoms with Crippen molar-refractivity contribution in [2.24, 2.45) is 10.8 Å². The Balaban J connectivity index is 1.93. The van der Waals surface area contributed by atoms with Gasteiger partial charge >= 0.3 is 5.97 Å². The summed E-state index contributed by atoms with van der Waals surface area (Å²) >= 11 is 0. The monoisotopic (exact) mass is 362 g/mol. The molecule has 1 heterocycles. The first-order chi connectivity index (χ1) is 12.6. The number of hydrogen-bond acceptors (Lipinski definition) is 3. The molecule has 0 radical (unpaired) electrons. The van der Waals surface area contributed by atoms with E-state index < -0.39 is 11.4 Å².